The third kappa shape index (κ3) is 5.96. The van der Waals surface area contributed by atoms with Crippen molar-refractivity contribution in [2.75, 3.05) is 45.9 Å². The minimum absolute atomic E-state index is 0.213. The zero-order valence-electron chi connectivity index (χ0n) is 14.7. The number of ether oxygens (including phenoxy) is 1. The number of benzene rings is 1. The summed E-state index contributed by atoms with van der Waals surface area (Å²) in [5, 5.41) is 7.44. The molecule has 1 fully saturated rings. The fourth-order valence-electron chi connectivity index (χ4n) is 2.80. The maximum atomic E-state index is 6.21. The van der Waals surface area contributed by atoms with E-state index in [9.17, 15) is 0 Å². The summed E-state index contributed by atoms with van der Waals surface area (Å²) in [6.45, 7) is 10.1. The minimum Gasteiger partial charge on any atom is -0.379 e. The fourth-order valence-corrected chi connectivity index (χ4v) is 3.00. The normalized spacial score (nSPS) is 17.5. The summed E-state index contributed by atoms with van der Waals surface area (Å²) in [6.07, 6.45) is 1.07. The molecule has 0 aliphatic carbocycles. The molecular weight excluding hydrogens is 324 g/mol. The van der Waals surface area contributed by atoms with Gasteiger partial charge in [0.05, 0.1) is 25.8 Å². The van der Waals surface area contributed by atoms with Gasteiger partial charge in [-0.3, -0.25) is 9.89 Å². The average molecular weight is 353 g/mol. The Morgan fingerprint density at radius 2 is 2.08 bits per heavy atom. The second-order valence-corrected chi connectivity index (χ2v) is 6.30. The zero-order chi connectivity index (χ0) is 17.2. The van der Waals surface area contributed by atoms with E-state index in [4.69, 9.17) is 21.3 Å². The average Bonchev–Trinajstić information content (AvgIpc) is 2.61. The molecule has 1 aromatic carbocycles. The molecule has 1 aromatic rings. The van der Waals surface area contributed by atoms with Gasteiger partial charge in [0.2, 0.25) is 0 Å². The van der Waals surface area contributed by atoms with Gasteiger partial charge in [0.1, 0.15) is 0 Å². The fraction of sp³-hybridized carbons (Fsp3) is 0.611. The Kier molecular flexibility index (Phi) is 8.36. The van der Waals surface area contributed by atoms with Crippen LogP contribution in [0.5, 0.6) is 0 Å². The van der Waals surface area contributed by atoms with E-state index in [0.29, 0.717) is 6.54 Å². The van der Waals surface area contributed by atoms with Crippen LogP contribution in [0.15, 0.2) is 29.3 Å². The van der Waals surface area contributed by atoms with Crippen molar-refractivity contribution in [2.24, 2.45) is 4.99 Å². The van der Waals surface area contributed by atoms with E-state index in [1.807, 2.05) is 18.2 Å². The van der Waals surface area contributed by atoms with Gasteiger partial charge in [0.15, 0.2) is 5.96 Å². The molecule has 0 bridgehead atoms. The number of nitrogens with zero attached hydrogens (tertiary/aromatic N) is 2. The summed E-state index contributed by atoms with van der Waals surface area (Å²) in [7, 11) is 0. The Labute approximate surface area is 150 Å². The van der Waals surface area contributed by atoms with Crippen molar-refractivity contribution < 1.29 is 4.74 Å². The second-order valence-electron chi connectivity index (χ2n) is 5.87. The van der Waals surface area contributed by atoms with Crippen LogP contribution in [0, 0.1) is 0 Å². The molecule has 0 saturated carbocycles. The first kappa shape index (κ1) is 19.0. The standard InChI is InChI=1S/C18H29ClN4O/c1-3-8-21-18(20-4-2)22-14-17(23-9-11-24-12-10-23)15-6-5-7-16(19)13-15/h5-7,13,17H,3-4,8-12,14H2,1-2H3,(H2,20,21,22). The quantitative estimate of drug-likeness (QED) is 0.585. The van der Waals surface area contributed by atoms with Crippen molar-refractivity contribution in [3.63, 3.8) is 0 Å². The lowest BCUT2D eigenvalue weighted by Crippen LogP contribution is -2.42. The van der Waals surface area contributed by atoms with Gasteiger partial charge in [-0.15, -0.1) is 0 Å². The minimum atomic E-state index is 0.213. The molecule has 0 spiro atoms. The number of nitrogens with one attached hydrogen (secondary N) is 2. The predicted octanol–water partition coefficient (Wildman–Crippen LogP) is 2.68. The number of hydrogen-bond acceptors (Lipinski definition) is 3. The van der Waals surface area contributed by atoms with Crippen LogP contribution in [0.1, 0.15) is 31.9 Å². The van der Waals surface area contributed by atoms with Crippen LogP contribution in [0.3, 0.4) is 0 Å². The van der Waals surface area contributed by atoms with Crippen LogP contribution in [0.2, 0.25) is 5.02 Å². The highest BCUT2D eigenvalue weighted by Crippen LogP contribution is 2.24. The SMILES string of the molecule is CCCNC(=NCC(c1cccc(Cl)c1)N1CCOCC1)NCC. The van der Waals surface area contributed by atoms with Gasteiger partial charge in [0.25, 0.3) is 0 Å². The zero-order valence-corrected chi connectivity index (χ0v) is 15.5. The molecule has 1 unspecified atom stereocenters. The van der Waals surface area contributed by atoms with Crippen molar-refractivity contribution in [3.05, 3.63) is 34.9 Å². The maximum Gasteiger partial charge on any atom is 0.191 e. The smallest absolute Gasteiger partial charge is 0.191 e. The Morgan fingerprint density at radius 1 is 1.29 bits per heavy atom. The summed E-state index contributed by atoms with van der Waals surface area (Å²) < 4.78 is 5.50. The van der Waals surface area contributed by atoms with Gasteiger partial charge in [0, 0.05) is 31.2 Å². The van der Waals surface area contributed by atoms with Crippen LogP contribution < -0.4 is 10.6 Å². The van der Waals surface area contributed by atoms with E-state index in [1.165, 1.54) is 5.56 Å². The molecular formula is C18H29ClN4O. The molecule has 6 heteroatoms. The number of rotatable bonds is 7. The van der Waals surface area contributed by atoms with Gasteiger partial charge in [-0.1, -0.05) is 30.7 Å². The Balaban J connectivity index is 2.15. The molecule has 0 aromatic heterocycles. The van der Waals surface area contributed by atoms with Gasteiger partial charge < -0.3 is 15.4 Å². The largest absolute Gasteiger partial charge is 0.379 e. The molecule has 5 nitrogen and oxygen atoms in total. The maximum absolute atomic E-state index is 6.21. The lowest BCUT2D eigenvalue weighted by atomic mass is 10.0. The first-order chi connectivity index (χ1) is 11.7. The Bertz CT molecular complexity index is 517. The second kappa shape index (κ2) is 10.5. The van der Waals surface area contributed by atoms with Crippen molar-refractivity contribution in [1.29, 1.82) is 0 Å². The molecule has 1 heterocycles. The lowest BCUT2D eigenvalue weighted by molar-refractivity contribution is 0.0180. The van der Waals surface area contributed by atoms with E-state index >= 15 is 0 Å². The first-order valence-electron chi connectivity index (χ1n) is 8.84. The number of morpholine rings is 1. The Hall–Kier alpha value is -1.30. The summed E-state index contributed by atoms with van der Waals surface area (Å²) in [6, 6.07) is 8.31. The summed E-state index contributed by atoms with van der Waals surface area (Å²) in [4.78, 5) is 7.23. The van der Waals surface area contributed by atoms with Crippen LogP contribution >= 0.6 is 11.6 Å². The highest BCUT2D eigenvalue weighted by atomic mass is 35.5. The van der Waals surface area contributed by atoms with Crippen LogP contribution in [-0.2, 0) is 4.74 Å². The summed E-state index contributed by atoms with van der Waals surface area (Å²) in [5.41, 5.74) is 1.21. The summed E-state index contributed by atoms with van der Waals surface area (Å²) >= 11 is 6.21. The molecule has 1 aliphatic rings. The molecule has 2 rings (SSSR count). The van der Waals surface area contributed by atoms with Gasteiger partial charge in [-0.05, 0) is 31.0 Å². The Morgan fingerprint density at radius 3 is 2.75 bits per heavy atom. The first-order valence-corrected chi connectivity index (χ1v) is 9.21. The van der Waals surface area contributed by atoms with Gasteiger partial charge in [-0.25, -0.2) is 0 Å². The van der Waals surface area contributed by atoms with E-state index in [2.05, 4.69) is 35.4 Å². The highest BCUT2D eigenvalue weighted by Gasteiger charge is 2.22. The predicted molar refractivity (Wildman–Crippen MR) is 101 cm³/mol. The van der Waals surface area contributed by atoms with Crippen molar-refractivity contribution in [2.45, 2.75) is 26.3 Å². The number of hydrogen-bond donors (Lipinski definition) is 2. The number of halogens is 1. The lowest BCUT2D eigenvalue weighted by Gasteiger charge is -2.34. The molecule has 2 N–H and O–H groups in total. The van der Waals surface area contributed by atoms with Crippen molar-refractivity contribution in [3.8, 4) is 0 Å². The van der Waals surface area contributed by atoms with E-state index in [-0.39, 0.29) is 6.04 Å². The molecule has 24 heavy (non-hydrogen) atoms. The monoisotopic (exact) mass is 352 g/mol. The van der Waals surface area contributed by atoms with Crippen LogP contribution in [0.4, 0.5) is 0 Å². The molecule has 1 saturated heterocycles. The number of aliphatic imine (C=N–C) groups is 1. The third-order valence-electron chi connectivity index (χ3n) is 4.03. The molecule has 0 radical (unpaired) electrons. The highest BCUT2D eigenvalue weighted by molar-refractivity contribution is 6.30. The summed E-state index contributed by atoms with van der Waals surface area (Å²) in [5.74, 6) is 0.875. The number of guanidine groups is 1. The van der Waals surface area contributed by atoms with E-state index in [0.717, 1.165) is 56.8 Å². The van der Waals surface area contributed by atoms with Crippen molar-refractivity contribution >= 4 is 17.6 Å². The molecule has 1 atom stereocenters. The molecule has 1 aliphatic heterocycles. The van der Waals surface area contributed by atoms with Gasteiger partial charge in [-0.2, -0.15) is 0 Å². The topological polar surface area (TPSA) is 48.9 Å². The van der Waals surface area contributed by atoms with E-state index in [1.54, 1.807) is 0 Å². The van der Waals surface area contributed by atoms with Gasteiger partial charge >= 0.3 is 0 Å². The van der Waals surface area contributed by atoms with Crippen LogP contribution in [0.25, 0.3) is 0 Å². The molecule has 0 amide bonds. The third-order valence-corrected chi connectivity index (χ3v) is 4.26. The van der Waals surface area contributed by atoms with E-state index < -0.39 is 0 Å². The van der Waals surface area contributed by atoms with Crippen molar-refractivity contribution in [1.82, 2.24) is 15.5 Å². The van der Waals surface area contributed by atoms with Crippen LogP contribution in [-0.4, -0.2) is 56.8 Å². The molecule has 134 valence electrons.